The van der Waals surface area contributed by atoms with Gasteiger partial charge in [0, 0.05) is 5.56 Å². The summed E-state index contributed by atoms with van der Waals surface area (Å²) in [6.45, 7) is 7.23. The molecule has 0 N–H and O–H groups in total. The Morgan fingerprint density at radius 1 is 0.947 bits per heavy atom. The van der Waals surface area contributed by atoms with Crippen LogP contribution in [0.3, 0.4) is 0 Å². The first-order valence-corrected chi connectivity index (χ1v) is 10.9. The molecule has 104 valence electrons. The molecule has 0 heterocycles. The summed E-state index contributed by atoms with van der Waals surface area (Å²) in [4.78, 5) is 0. The Labute approximate surface area is 120 Å². The standard InChI is InChI=1S/C18H28Si/c1-5-7-8-9-10-11-16-19(3,4)18-14-12-17(6-2)13-15-18/h2,12-15H,5,7-11,16H2,1,3-4H3. The Morgan fingerprint density at radius 3 is 2.11 bits per heavy atom. The topological polar surface area (TPSA) is 0 Å². The Bertz CT molecular complexity index is 395. The molecule has 0 bridgehead atoms. The molecule has 1 rings (SSSR count). The second kappa shape index (κ2) is 8.22. The summed E-state index contributed by atoms with van der Waals surface area (Å²) in [6, 6.07) is 10.1. The zero-order valence-electron chi connectivity index (χ0n) is 12.8. The van der Waals surface area contributed by atoms with Crippen molar-refractivity contribution in [3.05, 3.63) is 29.8 Å². The van der Waals surface area contributed by atoms with Crippen LogP contribution < -0.4 is 5.19 Å². The molecular weight excluding hydrogens is 244 g/mol. The smallest absolute Gasteiger partial charge is 0.0806 e. The van der Waals surface area contributed by atoms with Gasteiger partial charge >= 0.3 is 0 Å². The summed E-state index contributed by atoms with van der Waals surface area (Å²) in [5.74, 6) is 2.69. The molecule has 0 fully saturated rings. The maximum absolute atomic E-state index is 5.41. The van der Waals surface area contributed by atoms with E-state index in [2.05, 4.69) is 50.2 Å². The van der Waals surface area contributed by atoms with Crippen molar-refractivity contribution in [1.29, 1.82) is 0 Å². The van der Waals surface area contributed by atoms with E-state index >= 15 is 0 Å². The summed E-state index contributed by atoms with van der Waals surface area (Å²) < 4.78 is 0. The molecule has 0 nitrogen and oxygen atoms in total. The van der Waals surface area contributed by atoms with Crippen molar-refractivity contribution in [3.8, 4) is 12.3 Å². The molecule has 0 atom stereocenters. The average Bonchev–Trinajstić information content (AvgIpc) is 2.43. The fraction of sp³-hybridized carbons (Fsp3) is 0.556. The van der Waals surface area contributed by atoms with Crippen molar-refractivity contribution in [2.45, 2.75) is 64.6 Å². The lowest BCUT2D eigenvalue weighted by Crippen LogP contribution is -2.40. The normalized spacial score (nSPS) is 11.3. The summed E-state index contributed by atoms with van der Waals surface area (Å²) >= 11 is 0. The van der Waals surface area contributed by atoms with Crippen LogP contribution in [0.2, 0.25) is 19.1 Å². The molecule has 0 spiro atoms. The molecular formula is C18H28Si. The van der Waals surface area contributed by atoms with E-state index in [1.165, 1.54) is 44.6 Å². The molecule has 1 heteroatoms. The van der Waals surface area contributed by atoms with E-state index in [9.17, 15) is 0 Å². The van der Waals surface area contributed by atoms with E-state index < -0.39 is 8.07 Å². The molecule has 0 unspecified atom stereocenters. The predicted octanol–water partition coefficient (Wildman–Crippen LogP) is 4.94. The van der Waals surface area contributed by atoms with Gasteiger partial charge in [0.2, 0.25) is 0 Å². The van der Waals surface area contributed by atoms with Gasteiger partial charge < -0.3 is 0 Å². The molecule has 1 aromatic carbocycles. The SMILES string of the molecule is C#Cc1ccc([Si](C)(C)CCCCCCCC)cc1. The minimum absolute atomic E-state index is 0.994. The highest BCUT2D eigenvalue weighted by Gasteiger charge is 2.22. The molecule has 0 saturated carbocycles. The van der Waals surface area contributed by atoms with Gasteiger partial charge in [-0.25, -0.2) is 0 Å². The third-order valence-electron chi connectivity index (χ3n) is 3.99. The van der Waals surface area contributed by atoms with Crippen molar-refractivity contribution < 1.29 is 0 Å². The van der Waals surface area contributed by atoms with Crippen LogP contribution in [0, 0.1) is 12.3 Å². The third kappa shape index (κ3) is 5.66. The van der Waals surface area contributed by atoms with Crippen molar-refractivity contribution >= 4 is 13.3 Å². The zero-order chi connectivity index (χ0) is 14.1. The summed E-state index contributed by atoms with van der Waals surface area (Å²) in [5, 5.41) is 1.54. The molecule has 0 aliphatic carbocycles. The van der Waals surface area contributed by atoms with Gasteiger partial charge in [-0.15, -0.1) is 6.42 Å². The molecule has 0 aliphatic rings. The van der Waals surface area contributed by atoms with Gasteiger partial charge in [-0.1, -0.05) is 87.8 Å². The predicted molar refractivity (Wildman–Crippen MR) is 89.7 cm³/mol. The first-order valence-electron chi connectivity index (χ1n) is 7.67. The van der Waals surface area contributed by atoms with Crippen LogP contribution in [0.15, 0.2) is 24.3 Å². The first kappa shape index (κ1) is 16.1. The maximum atomic E-state index is 5.41. The van der Waals surface area contributed by atoms with Gasteiger partial charge in [-0.3, -0.25) is 0 Å². The van der Waals surface area contributed by atoms with Crippen LogP contribution in [-0.4, -0.2) is 8.07 Å². The summed E-state index contributed by atoms with van der Waals surface area (Å²) in [7, 11) is -1.25. The molecule has 1 aromatic rings. The van der Waals surface area contributed by atoms with Crippen molar-refractivity contribution in [2.24, 2.45) is 0 Å². The Hall–Kier alpha value is -1.00. The summed E-state index contributed by atoms with van der Waals surface area (Å²) in [5.41, 5.74) is 0.994. The minimum Gasteiger partial charge on any atom is -0.115 e. The van der Waals surface area contributed by atoms with E-state index in [0.717, 1.165) is 5.56 Å². The second-order valence-corrected chi connectivity index (χ2v) is 11.0. The Balaban J connectivity index is 2.40. The lowest BCUT2D eigenvalue weighted by atomic mass is 10.1. The monoisotopic (exact) mass is 272 g/mol. The Morgan fingerprint density at radius 2 is 1.53 bits per heavy atom. The van der Waals surface area contributed by atoms with Crippen molar-refractivity contribution in [1.82, 2.24) is 0 Å². The van der Waals surface area contributed by atoms with E-state index in [-0.39, 0.29) is 0 Å². The van der Waals surface area contributed by atoms with Gasteiger partial charge in [0.05, 0.1) is 8.07 Å². The van der Waals surface area contributed by atoms with E-state index in [1.54, 1.807) is 5.19 Å². The molecule has 0 radical (unpaired) electrons. The Kier molecular flexibility index (Phi) is 6.95. The van der Waals surface area contributed by atoms with Gasteiger partial charge in [-0.2, -0.15) is 0 Å². The van der Waals surface area contributed by atoms with Crippen molar-refractivity contribution in [3.63, 3.8) is 0 Å². The highest BCUT2D eigenvalue weighted by atomic mass is 28.3. The van der Waals surface area contributed by atoms with E-state index in [4.69, 9.17) is 6.42 Å². The second-order valence-electron chi connectivity index (χ2n) is 6.12. The number of rotatable bonds is 8. The van der Waals surface area contributed by atoms with Gasteiger partial charge in [0.15, 0.2) is 0 Å². The van der Waals surface area contributed by atoms with Gasteiger partial charge in [0.25, 0.3) is 0 Å². The van der Waals surface area contributed by atoms with Crippen LogP contribution in [0.5, 0.6) is 0 Å². The largest absolute Gasteiger partial charge is 0.115 e. The number of hydrogen-bond donors (Lipinski definition) is 0. The van der Waals surface area contributed by atoms with E-state index in [1.807, 2.05) is 0 Å². The van der Waals surface area contributed by atoms with Crippen molar-refractivity contribution in [2.75, 3.05) is 0 Å². The minimum atomic E-state index is -1.25. The van der Waals surface area contributed by atoms with Gasteiger partial charge in [0.1, 0.15) is 0 Å². The van der Waals surface area contributed by atoms with Crippen LogP contribution in [0.4, 0.5) is 0 Å². The molecule has 0 saturated heterocycles. The van der Waals surface area contributed by atoms with Crippen LogP contribution >= 0.6 is 0 Å². The molecule has 19 heavy (non-hydrogen) atoms. The average molecular weight is 273 g/mol. The fourth-order valence-corrected chi connectivity index (χ4v) is 5.00. The number of hydrogen-bond acceptors (Lipinski definition) is 0. The quantitative estimate of drug-likeness (QED) is 0.357. The maximum Gasteiger partial charge on any atom is 0.0806 e. The number of benzene rings is 1. The zero-order valence-corrected chi connectivity index (χ0v) is 13.8. The van der Waals surface area contributed by atoms with Crippen LogP contribution in [-0.2, 0) is 0 Å². The summed E-state index contributed by atoms with van der Waals surface area (Å²) in [6.07, 6.45) is 13.8. The lowest BCUT2D eigenvalue weighted by Gasteiger charge is -2.23. The molecule has 0 aromatic heterocycles. The molecule has 0 aliphatic heterocycles. The third-order valence-corrected chi connectivity index (χ3v) is 7.49. The van der Waals surface area contributed by atoms with Gasteiger partial charge in [-0.05, 0) is 12.1 Å². The number of unbranched alkanes of at least 4 members (excludes halogenated alkanes) is 5. The van der Waals surface area contributed by atoms with Crippen LogP contribution in [0.1, 0.15) is 51.0 Å². The highest BCUT2D eigenvalue weighted by molar-refractivity contribution is 6.89. The fourth-order valence-electron chi connectivity index (χ4n) is 2.51. The first-order chi connectivity index (χ1) is 9.10. The molecule has 0 amide bonds. The van der Waals surface area contributed by atoms with E-state index in [0.29, 0.717) is 0 Å². The number of terminal acetylenes is 1. The highest BCUT2D eigenvalue weighted by Crippen LogP contribution is 2.16. The lowest BCUT2D eigenvalue weighted by molar-refractivity contribution is 0.623. The van der Waals surface area contributed by atoms with Crippen LogP contribution in [0.25, 0.3) is 0 Å².